The quantitative estimate of drug-likeness (QED) is 0.436. The third kappa shape index (κ3) is 2.07. The normalized spacial score (nSPS) is 12.2. The molecule has 1 rings (SSSR count). The fourth-order valence-corrected chi connectivity index (χ4v) is 1.15. The molecular weight excluding hydrogens is 180 g/mol. The lowest BCUT2D eigenvalue weighted by Crippen LogP contribution is -2.18. The van der Waals surface area contributed by atoms with Crippen molar-refractivity contribution in [3.63, 3.8) is 0 Å². The van der Waals surface area contributed by atoms with Gasteiger partial charge in [0.25, 0.3) is 0 Å². The van der Waals surface area contributed by atoms with Gasteiger partial charge in [-0.1, -0.05) is 30.8 Å². The first kappa shape index (κ1) is 10.6. The molecule has 3 heteroatoms. The summed E-state index contributed by atoms with van der Waals surface area (Å²) in [5.74, 6) is -0.310. The van der Waals surface area contributed by atoms with Crippen molar-refractivity contribution in [2.24, 2.45) is 0 Å². The van der Waals surface area contributed by atoms with Gasteiger partial charge in [-0.25, -0.2) is 0 Å². The summed E-state index contributed by atoms with van der Waals surface area (Å²) >= 11 is 0. The maximum atomic E-state index is 11.5. The van der Waals surface area contributed by atoms with E-state index in [0.29, 0.717) is 5.57 Å². The Balaban J connectivity index is 3.20. The number of rotatable bonds is 3. The van der Waals surface area contributed by atoms with Crippen molar-refractivity contribution in [2.75, 3.05) is 0 Å². The number of aliphatic hydroxyl groups is 1. The summed E-state index contributed by atoms with van der Waals surface area (Å²) in [5.41, 5.74) is 0.668. The van der Waals surface area contributed by atoms with Crippen LogP contribution in [0.2, 0.25) is 0 Å². The van der Waals surface area contributed by atoms with Crippen molar-refractivity contribution >= 4 is 5.78 Å². The topological polar surface area (TPSA) is 60.4 Å². The third-order valence-corrected chi connectivity index (χ3v) is 1.86. The second kappa shape index (κ2) is 4.17. The first-order valence-electron chi connectivity index (χ1n) is 4.17. The second-order valence-electron chi connectivity index (χ2n) is 3.05. The standard InChI is InChI=1S/C11H11O3/c1-7(2)10(12)8-5-3-4-6-9(8)11(13)14/h3-6,11,13H,1H2,2H3/q-1. The number of allylic oxidation sites excluding steroid dienone is 1. The van der Waals surface area contributed by atoms with Crippen molar-refractivity contribution in [1.82, 2.24) is 0 Å². The molecule has 3 nitrogen and oxygen atoms in total. The van der Waals surface area contributed by atoms with E-state index in [1.807, 2.05) is 0 Å². The highest BCUT2D eigenvalue weighted by atomic mass is 16.5. The van der Waals surface area contributed by atoms with E-state index in [2.05, 4.69) is 6.58 Å². The van der Waals surface area contributed by atoms with Crippen LogP contribution in [0.25, 0.3) is 0 Å². The summed E-state index contributed by atoms with van der Waals surface area (Å²) in [4.78, 5) is 11.5. The lowest BCUT2D eigenvalue weighted by molar-refractivity contribution is -0.490. The van der Waals surface area contributed by atoms with Gasteiger partial charge in [-0.3, -0.25) is 4.79 Å². The summed E-state index contributed by atoms with van der Waals surface area (Å²) in [5, 5.41) is 19.7. The highest BCUT2D eigenvalue weighted by Crippen LogP contribution is 2.16. The third-order valence-electron chi connectivity index (χ3n) is 1.86. The molecule has 0 fully saturated rings. The van der Waals surface area contributed by atoms with E-state index in [1.54, 1.807) is 19.1 Å². The van der Waals surface area contributed by atoms with Crippen LogP contribution in [0.4, 0.5) is 0 Å². The van der Waals surface area contributed by atoms with Gasteiger partial charge < -0.3 is 10.2 Å². The molecule has 1 atom stereocenters. The fourth-order valence-electron chi connectivity index (χ4n) is 1.15. The number of aliphatic hydroxyl groups excluding tert-OH is 1. The monoisotopic (exact) mass is 191 g/mol. The Kier molecular flexibility index (Phi) is 3.17. The largest absolute Gasteiger partial charge is 0.828 e. The smallest absolute Gasteiger partial charge is 0.188 e. The first-order chi connectivity index (χ1) is 6.54. The molecule has 0 aromatic heterocycles. The first-order valence-corrected chi connectivity index (χ1v) is 4.17. The van der Waals surface area contributed by atoms with Crippen LogP contribution in [0.5, 0.6) is 0 Å². The molecule has 0 amide bonds. The number of carbonyl (C=O) groups excluding carboxylic acids is 1. The molecule has 0 heterocycles. The molecule has 1 aromatic rings. The van der Waals surface area contributed by atoms with Crippen LogP contribution in [0.1, 0.15) is 29.1 Å². The van der Waals surface area contributed by atoms with Crippen LogP contribution < -0.4 is 5.11 Å². The molecule has 0 aliphatic rings. The molecule has 1 unspecified atom stereocenters. The van der Waals surface area contributed by atoms with E-state index in [4.69, 9.17) is 5.11 Å². The summed E-state index contributed by atoms with van der Waals surface area (Å²) in [6.07, 6.45) is -1.88. The van der Waals surface area contributed by atoms with Crippen LogP contribution in [0.3, 0.4) is 0 Å². The molecule has 0 saturated carbocycles. The van der Waals surface area contributed by atoms with Crippen LogP contribution in [0.15, 0.2) is 36.4 Å². The van der Waals surface area contributed by atoms with Crippen molar-refractivity contribution in [3.05, 3.63) is 47.5 Å². The van der Waals surface area contributed by atoms with Crippen LogP contribution in [-0.2, 0) is 0 Å². The van der Waals surface area contributed by atoms with Gasteiger partial charge in [0.2, 0.25) is 0 Å². The zero-order chi connectivity index (χ0) is 10.7. The zero-order valence-corrected chi connectivity index (χ0v) is 7.86. The number of benzene rings is 1. The average Bonchev–Trinajstić information content (AvgIpc) is 2.16. The molecule has 1 aromatic carbocycles. The molecule has 0 bridgehead atoms. The van der Waals surface area contributed by atoms with Crippen molar-refractivity contribution in [2.45, 2.75) is 13.2 Å². The number of hydrogen-bond donors (Lipinski definition) is 1. The Hall–Kier alpha value is -1.45. The Morgan fingerprint density at radius 1 is 1.50 bits per heavy atom. The predicted octanol–water partition coefficient (Wildman–Crippen LogP) is 0.797. The van der Waals surface area contributed by atoms with Gasteiger partial charge in [-0.05, 0) is 18.1 Å². The van der Waals surface area contributed by atoms with E-state index in [-0.39, 0.29) is 16.9 Å². The molecule has 0 aliphatic heterocycles. The van der Waals surface area contributed by atoms with E-state index >= 15 is 0 Å². The predicted molar refractivity (Wildman–Crippen MR) is 50.5 cm³/mol. The van der Waals surface area contributed by atoms with Crippen molar-refractivity contribution in [1.29, 1.82) is 0 Å². The van der Waals surface area contributed by atoms with Crippen molar-refractivity contribution in [3.8, 4) is 0 Å². The number of ketones is 1. The minimum atomic E-state index is -1.88. The molecule has 1 N–H and O–H groups in total. The zero-order valence-electron chi connectivity index (χ0n) is 7.86. The Morgan fingerprint density at radius 2 is 2.07 bits per heavy atom. The second-order valence-corrected chi connectivity index (χ2v) is 3.05. The molecule has 0 radical (unpaired) electrons. The minimum absolute atomic E-state index is 0.0977. The average molecular weight is 191 g/mol. The minimum Gasteiger partial charge on any atom is -0.828 e. The summed E-state index contributed by atoms with van der Waals surface area (Å²) in [6, 6.07) is 6.19. The molecule has 0 saturated heterocycles. The Labute approximate surface area is 82.3 Å². The van der Waals surface area contributed by atoms with E-state index in [1.165, 1.54) is 12.1 Å². The van der Waals surface area contributed by atoms with Gasteiger partial charge in [0, 0.05) is 11.9 Å². The fraction of sp³-hybridized carbons (Fsp3) is 0.182. The van der Waals surface area contributed by atoms with E-state index < -0.39 is 6.29 Å². The Bertz CT molecular complexity index is 367. The maximum Gasteiger partial charge on any atom is 0.188 e. The van der Waals surface area contributed by atoms with Gasteiger partial charge in [-0.15, -0.1) is 0 Å². The van der Waals surface area contributed by atoms with Crippen molar-refractivity contribution < 1.29 is 15.0 Å². The van der Waals surface area contributed by atoms with E-state index in [0.717, 1.165) is 0 Å². The molecule has 0 spiro atoms. The van der Waals surface area contributed by atoms with Crippen LogP contribution in [-0.4, -0.2) is 10.9 Å². The molecule has 14 heavy (non-hydrogen) atoms. The molecule has 0 aliphatic carbocycles. The number of carbonyl (C=O) groups is 1. The van der Waals surface area contributed by atoms with Gasteiger partial charge >= 0.3 is 0 Å². The summed E-state index contributed by atoms with van der Waals surface area (Å²) in [7, 11) is 0. The van der Waals surface area contributed by atoms with Gasteiger partial charge in [-0.2, -0.15) is 0 Å². The van der Waals surface area contributed by atoms with Crippen LogP contribution in [0, 0.1) is 0 Å². The Morgan fingerprint density at radius 3 is 2.57 bits per heavy atom. The molecular formula is C11H11O3-. The van der Waals surface area contributed by atoms with E-state index in [9.17, 15) is 9.90 Å². The summed E-state index contributed by atoms with van der Waals surface area (Å²) in [6.45, 7) is 5.06. The van der Waals surface area contributed by atoms with Gasteiger partial charge in [0.05, 0.1) is 0 Å². The summed E-state index contributed by atoms with van der Waals surface area (Å²) < 4.78 is 0. The lowest BCUT2D eigenvalue weighted by Gasteiger charge is -2.18. The van der Waals surface area contributed by atoms with Gasteiger partial charge in [0.15, 0.2) is 5.78 Å². The van der Waals surface area contributed by atoms with Gasteiger partial charge in [0.1, 0.15) is 0 Å². The highest BCUT2D eigenvalue weighted by Gasteiger charge is 2.11. The SMILES string of the molecule is C=C(C)C(=O)c1ccccc1C([O-])O. The highest BCUT2D eigenvalue weighted by molar-refractivity contribution is 6.08. The van der Waals surface area contributed by atoms with Crippen LogP contribution >= 0.6 is 0 Å². The maximum absolute atomic E-state index is 11.5. The lowest BCUT2D eigenvalue weighted by atomic mass is 10.00. The number of hydrogen-bond acceptors (Lipinski definition) is 3. The molecule has 74 valence electrons. The number of Topliss-reactive ketones (excluding diaryl/α,β-unsaturated/α-hetero) is 1.